The van der Waals surface area contributed by atoms with Crippen molar-refractivity contribution in [3.63, 3.8) is 0 Å². The fourth-order valence-electron chi connectivity index (χ4n) is 8.44. The highest BCUT2D eigenvalue weighted by molar-refractivity contribution is 6.19. The summed E-state index contributed by atoms with van der Waals surface area (Å²) in [5.74, 6) is 1.55. The van der Waals surface area contributed by atoms with Crippen LogP contribution in [0.2, 0.25) is 0 Å². The SMILES string of the molecule is CCc1nc2ccccc2n1-c1ccc(-c2c3ccccc3c(C3=CCC4C(=C3)C(C)(C)c3ccccc34)c3ccccc23)cc1. The molecule has 46 heavy (non-hydrogen) atoms. The highest BCUT2D eigenvalue weighted by Crippen LogP contribution is 2.55. The van der Waals surface area contributed by atoms with Crippen LogP contribution < -0.4 is 0 Å². The first kappa shape index (κ1) is 27.1. The summed E-state index contributed by atoms with van der Waals surface area (Å²) in [6, 6.07) is 44.6. The van der Waals surface area contributed by atoms with Crippen LogP contribution in [0, 0.1) is 0 Å². The van der Waals surface area contributed by atoms with Gasteiger partial charge in [0.2, 0.25) is 0 Å². The Balaban J connectivity index is 1.22. The van der Waals surface area contributed by atoms with Crippen LogP contribution in [0.5, 0.6) is 0 Å². The molecule has 9 rings (SSSR count). The molecule has 0 saturated heterocycles. The Morgan fingerprint density at radius 1 is 0.696 bits per heavy atom. The van der Waals surface area contributed by atoms with Crippen LogP contribution in [-0.2, 0) is 11.8 Å². The Labute approximate surface area is 270 Å². The molecule has 0 aliphatic heterocycles. The van der Waals surface area contributed by atoms with Crippen LogP contribution in [-0.4, -0.2) is 9.55 Å². The summed E-state index contributed by atoms with van der Waals surface area (Å²) in [7, 11) is 0. The van der Waals surface area contributed by atoms with Crippen LogP contribution in [0.4, 0.5) is 0 Å². The molecule has 1 unspecified atom stereocenters. The number of aryl methyl sites for hydroxylation is 1. The maximum atomic E-state index is 4.92. The van der Waals surface area contributed by atoms with Gasteiger partial charge in [0.1, 0.15) is 5.82 Å². The molecule has 222 valence electrons. The molecular formula is C44H36N2. The van der Waals surface area contributed by atoms with E-state index in [1.165, 1.54) is 60.5 Å². The quantitative estimate of drug-likeness (QED) is 0.186. The number of allylic oxidation sites excluding steroid dienone is 4. The number of benzene rings is 6. The molecule has 0 saturated carbocycles. The van der Waals surface area contributed by atoms with Gasteiger partial charge in [0.15, 0.2) is 0 Å². The van der Waals surface area contributed by atoms with E-state index in [4.69, 9.17) is 4.98 Å². The highest BCUT2D eigenvalue weighted by Gasteiger charge is 2.42. The van der Waals surface area contributed by atoms with Crippen LogP contribution >= 0.6 is 0 Å². The molecule has 7 aromatic rings. The standard InChI is InChI=1S/C44H36N2/c1-4-41-45-39-19-11-12-20-40(39)46(41)30-24-21-28(22-25-30)42-33-14-5-7-16-35(33)43(36-17-8-6-15-34(36)42)29-23-26-32-31-13-9-10-18-37(31)44(2,3)38(32)27-29/h5-25,27,32H,4,26H2,1-3H3. The first-order valence-corrected chi connectivity index (χ1v) is 16.6. The zero-order chi connectivity index (χ0) is 31.0. The third kappa shape index (κ3) is 3.86. The van der Waals surface area contributed by atoms with E-state index >= 15 is 0 Å². The number of imidazole rings is 1. The molecule has 2 nitrogen and oxygen atoms in total. The van der Waals surface area contributed by atoms with Crippen molar-refractivity contribution in [1.29, 1.82) is 0 Å². The average Bonchev–Trinajstić information content (AvgIpc) is 3.59. The van der Waals surface area contributed by atoms with Gasteiger partial charge in [-0.3, -0.25) is 4.57 Å². The largest absolute Gasteiger partial charge is 0.296 e. The topological polar surface area (TPSA) is 17.8 Å². The zero-order valence-corrected chi connectivity index (χ0v) is 26.6. The summed E-state index contributed by atoms with van der Waals surface area (Å²) in [6.45, 7) is 6.98. The number of fused-ring (bicyclic) bond motifs is 6. The van der Waals surface area contributed by atoms with Crippen LogP contribution in [0.15, 0.2) is 139 Å². The Morgan fingerprint density at radius 2 is 1.30 bits per heavy atom. The molecule has 2 heteroatoms. The van der Waals surface area contributed by atoms with Gasteiger partial charge in [-0.1, -0.05) is 136 Å². The molecule has 2 aliphatic carbocycles. The molecule has 1 heterocycles. The highest BCUT2D eigenvalue weighted by atomic mass is 15.1. The van der Waals surface area contributed by atoms with E-state index in [1.807, 2.05) is 0 Å². The lowest BCUT2D eigenvalue weighted by Crippen LogP contribution is -2.17. The fourth-order valence-corrected chi connectivity index (χ4v) is 8.44. The Bertz CT molecular complexity index is 2340. The normalized spacial score (nSPS) is 16.8. The lowest BCUT2D eigenvalue weighted by Gasteiger charge is -2.28. The Morgan fingerprint density at radius 3 is 2.00 bits per heavy atom. The fraction of sp³-hybridized carbons (Fsp3) is 0.159. The maximum Gasteiger partial charge on any atom is 0.114 e. The summed E-state index contributed by atoms with van der Waals surface area (Å²) in [4.78, 5) is 4.92. The monoisotopic (exact) mass is 592 g/mol. The lowest BCUT2D eigenvalue weighted by atomic mass is 9.75. The predicted molar refractivity (Wildman–Crippen MR) is 194 cm³/mol. The van der Waals surface area contributed by atoms with E-state index in [9.17, 15) is 0 Å². The maximum absolute atomic E-state index is 4.92. The van der Waals surface area contributed by atoms with Gasteiger partial charge in [-0.15, -0.1) is 0 Å². The minimum atomic E-state index is 0.0201. The van der Waals surface area contributed by atoms with Gasteiger partial charge < -0.3 is 0 Å². The minimum Gasteiger partial charge on any atom is -0.296 e. The van der Waals surface area contributed by atoms with Crippen LogP contribution in [0.1, 0.15) is 55.6 Å². The number of para-hydroxylation sites is 2. The third-order valence-electron chi connectivity index (χ3n) is 10.6. The molecule has 1 aromatic heterocycles. The molecule has 1 atom stereocenters. The molecule has 6 aromatic carbocycles. The number of aromatic nitrogens is 2. The van der Waals surface area contributed by atoms with Gasteiger partial charge >= 0.3 is 0 Å². The second-order valence-corrected chi connectivity index (χ2v) is 13.4. The first-order valence-electron chi connectivity index (χ1n) is 16.6. The molecule has 0 spiro atoms. The van der Waals surface area contributed by atoms with E-state index in [0.717, 1.165) is 35.4 Å². The molecule has 0 radical (unpaired) electrons. The van der Waals surface area contributed by atoms with Crippen molar-refractivity contribution in [1.82, 2.24) is 9.55 Å². The van der Waals surface area contributed by atoms with Crippen molar-refractivity contribution in [2.75, 3.05) is 0 Å². The first-order chi connectivity index (χ1) is 22.5. The van der Waals surface area contributed by atoms with E-state index in [0.29, 0.717) is 5.92 Å². The van der Waals surface area contributed by atoms with Crippen molar-refractivity contribution < 1.29 is 0 Å². The minimum absolute atomic E-state index is 0.0201. The second kappa shape index (κ2) is 10.2. The van der Waals surface area contributed by atoms with Gasteiger partial charge in [0, 0.05) is 23.4 Å². The predicted octanol–water partition coefficient (Wildman–Crippen LogP) is 11.3. The van der Waals surface area contributed by atoms with Gasteiger partial charge in [-0.05, 0) is 85.6 Å². The summed E-state index contributed by atoms with van der Waals surface area (Å²) in [5, 5.41) is 5.20. The van der Waals surface area contributed by atoms with Crippen molar-refractivity contribution in [2.45, 2.75) is 44.9 Å². The molecule has 2 aliphatic rings. The van der Waals surface area contributed by atoms with Gasteiger partial charge in [-0.2, -0.15) is 0 Å². The van der Waals surface area contributed by atoms with Crippen molar-refractivity contribution >= 4 is 38.2 Å². The summed E-state index contributed by atoms with van der Waals surface area (Å²) in [5.41, 5.74) is 13.1. The Hall–Kier alpha value is -5.21. The van der Waals surface area contributed by atoms with E-state index in [2.05, 4.69) is 159 Å². The Kier molecular flexibility index (Phi) is 5.99. The van der Waals surface area contributed by atoms with E-state index in [-0.39, 0.29) is 5.41 Å². The van der Waals surface area contributed by atoms with Crippen LogP contribution in [0.25, 0.3) is 55.0 Å². The second-order valence-electron chi connectivity index (χ2n) is 13.4. The molecular weight excluding hydrogens is 556 g/mol. The van der Waals surface area contributed by atoms with Gasteiger partial charge in [0.25, 0.3) is 0 Å². The zero-order valence-electron chi connectivity index (χ0n) is 26.6. The molecule has 0 fully saturated rings. The number of rotatable bonds is 4. The summed E-state index contributed by atoms with van der Waals surface area (Å²) in [6.07, 6.45) is 6.94. The van der Waals surface area contributed by atoms with Gasteiger partial charge in [0.05, 0.1) is 11.0 Å². The number of nitrogens with zero attached hydrogens (tertiary/aromatic N) is 2. The number of hydrogen-bond acceptors (Lipinski definition) is 1. The molecule has 0 bridgehead atoms. The number of hydrogen-bond donors (Lipinski definition) is 0. The summed E-state index contributed by atoms with van der Waals surface area (Å²) >= 11 is 0. The third-order valence-corrected chi connectivity index (χ3v) is 10.6. The van der Waals surface area contributed by atoms with E-state index in [1.54, 1.807) is 0 Å². The van der Waals surface area contributed by atoms with Gasteiger partial charge in [-0.25, -0.2) is 4.98 Å². The lowest BCUT2D eigenvalue weighted by molar-refractivity contribution is 0.613. The van der Waals surface area contributed by atoms with Crippen molar-refractivity contribution in [3.8, 4) is 16.8 Å². The summed E-state index contributed by atoms with van der Waals surface area (Å²) < 4.78 is 2.30. The van der Waals surface area contributed by atoms with Crippen molar-refractivity contribution in [2.24, 2.45) is 0 Å². The molecule has 0 N–H and O–H groups in total. The molecule has 0 amide bonds. The average molecular weight is 593 g/mol. The van der Waals surface area contributed by atoms with Crippen molar-refractivity contribution in [3.05, 3.63) is 162 Å². The van der Waals surface area contributed by atoms with Crippen LogP contribution in [0.3, 0.4) is 0 Å². The smallest absolute Gasteiger partial charge is 0.114 e. The van der Waals surface area contributed by atoms with E-state index < -0.39 is 0 Å².